The molecule has 17 heavy (non-hydrogen) atoms. The molecule has 1 unspecified atom stereocenters. The Labute approximate surface area is 102 Å². The van der Waals surface area contributed by atoms with Crippen molar-refractivity contribution >= 4 is 0 Å². The minimum atomic E-state index is 0.298. The summed E-state index contributed by atoms with van der Waals surface area (Å²) < 4.78 is 16.4. The maximum Gasteiger partial charge on any atom is 0.231 e. The van der Waals surface area contributed by atoms with Crippen LogP contribution in [0.25, 0.3) is 0 Å². The summed E-state index contributed by atoms with van der Waals surface area (Å²) in [6, 6.07) is 4.33. The average Bonchev–Trinajstić information content (AvgIpc) is 2.76. The highest BCUT2D eigenvalue weighted by atomic mass is 16.7. The first-order valence-corrected chi connectivity index (χ1v) is 5.97. The number of benzene rings is 1. The van der Waals surface area contributed by atoms with Crippen LogP contribution in [0.1, 0.15) is 19.4 Å². The van der Waals surface area contributed by atoms with Crippen LogP contribution in [0.4, 0.5) is 0 Å². The molecule has 0 saturated heterocycles. The molecule has 1 N–H and O–H groups in total. The van der Waals surface area contributed by atoms with Gasteiger partial charge in [-0.1, -0.05) is 0 Å². The zero-order valence-electron chi connectivity index (χ0n) is 10.6. The van der Waals surface area contributed by atoms with E-state index in [2.05, 4.69) is 12.2 Å². The van der Waals surface area contributed by atoms with E-state index < -0.39 is 0 Å². The molecule has 0 spiro atoms. The van der Waals surface area contributed by atoms with E-state index in [1.54, 1.807) is 0 Å². The van der Waals surface area contributed by atoms with Gasteiger partial charge in [0, 0.05) is 12.1 Å². The highest BCUT2D eigenvalue weighted by Crippen LogP contribution is 2.38. The lowest BCUT2D eigenvalue weighted by Gasteiger charge is -2.15. The van der Waals surface area contributed by atoms with Crippen LogP contribution < -0.4 is 19.5 Å². The van der Waals surface area contributed by atoms with E-state index in [-0.39, 0.29) is 0 Å². The molecule has 1 heterocycles. The lowest BCUT2D eigenvalue weighted by atomic mass is 10.1. The van der Waals surface area contributed by atoms with Crippen LogP contribution in [0.2, 0.25) is 0 Å². The Hall–Kier alpha value is -1.42. The Morgan fingerprint density at radius 2 is 2.06 bits per heavy atom. The molecular weight excluding hydrogens is 218 g/mol. The van der Waals surface area contributed by atoms with Crippen molar-refractivity contribution in [2.45, 2.75) is 26.3 Å². The van der Waals surface area contributed by atoms with Crippen LogP contribution in [0, 0.1) is 0 Å². The Morgan fingerprint density at radius 1 is 1.35 bits per heavy atom. The second-order valence-electron chi connectivity index (χ2n) is 4.14. The predicted molar refractivity (Wildman–Crippen MR) is 66.0 cm³/mol. The van der Waals surface area contributed by atoms with Gasteiger partial charge in [0.1, 0.15) is 5.75 Å². The van der Waals surface area contributed by atoms with Gasteiger partial charge >= 0.3 is 0 Å². The van der Waals surface area contributed by atoms with Gasteiger partial charge in [-0.2, -0.15) is 0 Å². The third kappa shape index (κ3) is 2.64. The quantitative estimate of drug-likeness (QED) is 0.850. The second kappa shape index (κ2) is 5.27. The third-order valence-electron chi connectivity index (χ3n) is 2.87. The maximum atomic E-state index is 5.64. The van der Waals surface area contributed by atoms with Crippen LogP contribution in [-0.2, 0) is 6.42 Å². The standard InChI is InChI=1S/C13H19NO3/c1-4-15-11-7-13-12(16-8-17-13)6-10(11)5-9(2)14-3/h6-7,9,14H,4-5,8H2,1-3H3. The monoisotopic (exact) mass is 237 g/mol. The molecule has 0 aliphatic carbocycles. The summed E-state index contributed by atoms with van der Waals surface area (Å²) in [7, 11) is 1.96. The first kappa shape index (κ1) is 12.0. The summed E-state index contributed by atoms with van der Waals surface area (Å²) in [6.07, 6.45) is 0.905. The topological polar surface area (TPSA) is 39.7 Å². The van der Waals surface area contributed by atoms with Gasteiger partial charge in [-0.3, -0.25) is 0 Å². The van der Waals surface area contributed by atoms with Crippen molar-refractivity contribution in [2.24, 2.45) is 0 Å². The first-order valence-electron chi connectivity index (χ1n) is 5.97. The fourth-order valence-corrected chi connectivity index (χ4v) is 1.85. The molecule has 1 aromatic carbocycles. The highest BCUT2D eigenvalue weighted by Gasteiger charge is 2.18. The average molecular weight is 237 g/mol. The smallest absolute Gasteiger partial charge is 0.231 e. The van der Waals surface area contributed by atoms with E-state index in [4.69, 9.17) is 14.2 Å². The van der Waals surface area contributed by atoms with E-state index >= 15 is 0 Å². The zero-order valence-corrected chi connectivity index (χ0v) is 10.6. The zero-order chi connectivity index (χ0) is 12.3. The maximum absolute atomic E-state index is 5.64. The van der Waals surface area contributed by atoms with Gasteiger partial charge in [0.05, 0.1) is 6.61 Å². The largest absolute Gasteiger partial charge is 0.493 e. The SMILES string of the molecule is CCOc1cc2c(cc1CC(C)NC)OCO2. The molecule has 1 aliphatic rings. The van der Waals surface area contributed by atoms with Gasteiger partial charge in [-0.15, -0.1) is 0 Å². The van der Waals surface area contributed by atoms with Gasteiger partial charge in [-0.25, -0.2) is 0 Å². The molecule has 1 atom stereocenters. The summed E-state index contributed by atoms with van der Waals surface area (Å²) in [6.45, 7) is 5.07. The number of likely N-dealkylation sites (N-methyl/N-ethyl adjacent to an activating group) is 1. The molecule has 0 fully saturated rings. The summed E-state index contributed by atoms with van der Waals surface area (Å²) in [5, 5.41) is 3.22. The number of rotatable bonds is 5. The number of ether oxygens (including phenoxy) is 3. The van der Waals surface area contributed by atoms with Crippen molar-refractivity contribution in [2.75, 3.05) is 20.4 Å². The van der Waals surface area contributed by atoms with E-state index in [0.717, 1.165) is 29.2 Å². The summed E-state index contributed by atoms with van der Waals surface area (Å²) in [4.78, 5) is 0. The molecule has 94 valence electrons. The molecule has 2 rings (SSSR count). The van der Waals surface area contributed by atoms with Crippen molar-refractivity contribution in [3.05, 3.63) is 17.7 Å². The summed E-state index contributed by atoms with van der Waals surface area (Å²) in [5.74, 6) is 2.47. The van der Waals surface area contributed by atoms with E-state index in [1.807, 2.05) is 26.1 Å². The molecular formula is C13H19NO3. The van der Waals surface area contributed by atoms with Crippen molar-refractivity contribution in [3.8, 4) is 17.2 Å². The molecule has 4 nitrogen and oxygen atoms in total. The van der Waals surface area contributed by atoms with Crippen LogP contribution >= 0.6 is 0 Å². The van der Waals surface area contributed by atoms with Gasteiger partial charge < -0.3 is 19.5 Å². The molecule has 0 radical (unpaired) electrons. The van der Waals surface area contributed by atoms with E-state index in [1.165, 1.54) is 0 Å². The summed E-state index contributed by atoms with van der Waals surface area (Å²) in [5.41, 5.74) is 1.15. The van der Waals surface area contributed by atoms with Crippen LogP contribution in [0.15, 0.2) is 12.1 Å². The molecule has 4 heteroatoms. The molecule has 0 saturated carbocycles. The van der Waals surface area contributed by atoms with Crippen molar-refractivity contribution < 1.29 is 14.2 Å². The first-order chi connectivity index (χ1) is 8.24. The fourth-order valence-electron chi connectivity index (χ4n) is 1.85. The number of hydrogen-bond donors (Lipinski definition) is 1. The molecule has 1 aromatic rings. The van der Waals surface area contributed by atoms with Gasteiger partial charge in [0.15, 0.2) is 11.5 Å². The van der Waals surface area contributed by atoms with E-state index in [9.17, 15) is 0 Å². The molecule has 1 aliphatic heterocycles. The number of hydrogen-bond acceptors (Lipinski definition) is 4. The van der Waals surface area contributed by atoms with Crippen molar-refractivity contribution in [1.29, 1.82) is 0 Å². The Morgan fingerprint density at radius 3 is 2.71 bits per heavy atom. The lowest BCUT2D eigenvalue weighted by molar-refractivity contribution is 0.173. The lowest BCUT2D eigenvalue weighted by Crippen LogP contribution is -2.23. The minimum Gasteiger partial charge on any atom is -0.493 e. The van der Waals surface area contributed by atoms with Crippen LogP contribution in [-0.4, -0.2) is 26.5 Å². The fraction of sp³-hybridized carbons (Fsp3) is 0.538. The highest BCUT2D eigenvalue weighted by molar-refractivity contribution is 5.52. The Kier molecular flexibility index (Phi) is 3.74. The Balaban J connectivity index is 2.27. The number of fused-ring (bicyclic) bond motifs is 1. The summed E-state index contributed by atoms with van der Waals surface area (Å²) >= 11 is 0. The normalized spacial score (nSPS) is 14.8. The van der Waals surface area contributed by atoms with Gasteiger partial charge in [0.25, 0.3) is 0 Å². The van der Waals surface area contributed by atoms with Gasteiger partial charge in [0.2, 0.25) is 6.79 Å². The van der Waals surface area contributed by atoms with Crippen LogP contribution in [0.3, 0.4) is 0 Å². The second-order valence-corrected chi connectivity index (χ2v) is 4.14. The van der Waals surface area contributed by atoms with Crippen molar-refractivity contribution in [1.82, 2.24) is 5.32 Å². The van der Waals surface area contributed by atoms with Gasteiger partial charge in [-0.05, 0) is 38.9 Å². The minimum absolute atomic E-state index is 0.298. The predicted octanol–water partition coefficient (Wildman–Crippen LogP) is 1.96. The van der Waals surface area contributed by atoms with Crippen LogP contribution in [0.5, 0.6) is 17.2 Å². The molecule has 0 bridgehead atoms. The third-order valence-corrected chi connectivity index (χ3v) is 2.87. The molecule has 0 aromatic heterocycles. The number of nitrogens with one attached hydrogen (secondary N) is 1. The van der Waals surface area contributed by atoms with E-state index in [0.29, 0.717) is 19.4 Å². The Bertz CT molecular complexity index is 392. The molecule has 0 amide bonds. The van der Waals surface area contributed by atoms with Crippen molar-refractivity contribution in [3.63, 3.8) is 0 Å².